The Bertz CT molecular complexity index is 929. The fourth-order valence-corrected chi connectivity index (χ4v) is 3.20. The maximum absolute atomic E-state index is 13.8. The molecule has 0 aliphatic rings. The Morgan fingerprint density at radius 1 is 1.19 bits per heavy atom. The van der Waals surface area contributed by atoms with Crippen LogP contribution >= 0.6 is 11.3 Å². The van der Waals surface area contributed by atoms with Crippen LogP contribution in [0.3, 0.4) is 0 Å². The van der Waals surface area contributed by atoms with Crippen LogP contribution in [0, 0.1) is 23.3 Å². The van der Waals surface area contributed by atoms with Crippen molar-refractivity contribution in [3.05, 3.63) is 70.7 Å². The number of likely N-dealkylation sites (N-methyl/N-ethyl adjacent to an activating group) is 1. The van der Waals surface area contributed by atoms with Gasteiger partial charge in [0.25, 0.3) is 0 Å². The van der Waals surface area contributed by atoms with Crippen molar-refractivity contribution in [2.45, 2.75) is 13.3 Å². The minimum absolute atomic E-state index is 0.0842. The van der Waals surface area contributed by atoms with Crippen molar-refractivity contribution in [3.63, 3.8) is 0 Å². The lowest BCUT2D eigenvalue weighted by molar-refractivity contribution is -0.117. The number of benzene rings is 2. The lowest BCUT2D eigenvalue weighted by Gasteiger charge is -2.14. The van der Waals surface area contributed by atoms with Crippen molar-refractivity contribution in [1.29, 1.82) is 4.78 Å². The van der Waals surface area contributed by atoms with Gasteiger partial charge in [0.15, 0.2) is 5.13 Å². The Morgan fingerprint density at radius 3 is 2.44 bits per heavy atom. The molecule has 27 heavy (non-hydrogen) atoms. The van der Waals surface area contributed by atoms with Crippen LogP contribution in [0.15, 0.2) is 47.8 Å². The summed E-state index contributed by atoms with van der Waals surface area (Å²) in [6, 6.07) is 10.2. The highest BCUT2D eigenvalue weighted by Crippen LogP contribution is 2.25. The summed E-state index contributed by atoms with van der Waals surface area (Å²) in [6.45, 7) is 1.88. The van der Waals surface area contributed by atoms with Gasteiger partial charge in [-0.25, -0.2) is 18.5 Å². The molecule has 1 N–H and O–H groups in total. The molecule has 0 saturated carbocycles. The molecule has 1 heterocycles. The van der Waals surface area contributed by atoms with E-state index in [9.17, 15) is 13.6 Å². The van der Waals surface area contributed by atoms with Gasteiger partial charge in [0.1, 0.15) is 11.6 Å². The molecule has 140 valence electrons. The van der Waals surface area contributed by atoms with Crippen LogP contribution in [0.25, 0.3) is 11.1 Å². The summed E-state index contributed by atoms with van der Waals surface area (Å²) in [6.07, 6.45) is 0.209. The average Bonchev–Trinajstić information content (AvgIpc) is 3.11. The maximum Gasteiger partial charge on any atom is 0.232 e. The number of aromatic nitrogens is 1. The molecule has 3 rings (SSSR count). The molecule has 0 radical (unpaired) electrons. The first kappa shape index (κ1) is 20.7. The number of nitrogens with one attached hydrogen (secondary N) is 1. The van der Waals surface area contributed by atoms with Crippen LogP contribution in [-0.4, -0.2) is 17.9 Å². The van der Waals surface area contributed by atoms with Crippen LogP contribution in [0.5, 0.6) is 0 Å². The van der Waals surface area contributed by atoms with Gasteiger partial charge < -0.3 is 0 Å². The van der Waals surface area contributed by atoms with Gasteiger partial charge in [-0.15, -0.1) is 11.3 Å². The number of anilines is 1. The van der Waals surface area contributed by atoms with E-state index in [-0.39, 0.29) is 17.9 Å². The van der Waals surface area contributed by atoms with Crippen LogP contribution in [-0.2, 0) is 23.6 Å². The number of halogens is 2. The lowest BCUT2D eigenvalue weighted by atomic mass is 10.0. The van der Waals surface area contributed by atoms with Gasteiger partial charge >= 0.3 is 0 Å². The number of carbonyl (C=O) groups is 1. The number of carbonyl (C=O) groups excluding carboxylic acids is 1. The molecule has 0 aliphatic heterocycles. The Kier molecular flexibility index (Phi) is 7.20. The molecule has 2 aromatic carbocycles. The van der Waals surface area contributed by atoms with Gasteiger partial charge in [-0.05, 0) is 36.2 Å². The average molecular weight is 405 g/mol. The molecule has 0 atom stereocenters. The van der Waals surface area contributed by atoms with E-state index >= 15 is 0 Å². The second-order valence-electron chi connectivity index (χ2n) is 5.72. The first-order valence-electron chi connectivity index (χ1n) is 7.87. The molecule has 0 bridgehead atoms. The Balaban J connectivity index is 0.00000126. The van der Waals surface area contributed by atoms with Crippen LogP contribution in [0.2, 0.25) is 0 Å². The van der Waals surface area contributed by atoms with E-state index in [1.807, 2.05) is 12.3 Å². The maximum atomic E-state index is 13.8. The highest BCUT2D eigenvalue weighted by atomic mass is 32.1. The van der Waals surface area contributed by atoms with E-state index in [0.717, 1.165) is 29.5 Å². The first-order chi connectivity index (χ1) is 12.9. The fourth-order valence-electron chi connectivity index (χ4n) is 2.42. The van der Waals surface area contributed by atoms with Crippen molar-refractivity contribution in [2.24, 2.45) is 0 Å². The zero-order valence-corrected chi connectivity index (χ0v) is 16.3. The van der Waals surface area contributed by atoms with Crippen LogP contribution in [0.1, 0.15) is 11.3 Å². The molecule has 0 aliphatic carbocycles. The van der Waals surface area contributed by atoms with E-state index in [4.69, 9.17) is 4.78 Å². The van der Waals surface area contributed by atoms with E-state index in [1.54, 1.807) is 31.3 Å². The fraction of sp³-hybridized carbons (Fsp3) is 0.158. The van der Waals surface area contributed by atoms with Crippen molar-refractivity contribution in [2.75, 3.05) is 11.9 Å². The molecule has 0 saturated heterocycles. The molecule has 0 spiro atoms. The molecule has 4 nitrogen and oxygen atoms in total. The summed E-state index contributed by atoms with van der Waals surface area (Å²) in [5.41, 5.74) is 2.44. The van der Waals surface area contributed by atoms with Crippen LogP contribution in [0.4, 0.5) is 13.9 Å². The van der Waals surface area contributed by atoms with E-state index < -0.39 is 11.6 Å². The van der Waals surface area contributed by atoms with Gasteiger partial charge in [0, 0.05) is 30.4 Å². The summed E-state index contributed by atoms with van der Waals surface area (Å²) < 4.78 is 32.5. The second kappa shape index (κ2) is 9.38. The smallest absolute Gasteiger partial charge is 0.232 e. The Morgan fingerprint density at radius 2 is 1.85 bits per heavy atom. The molecule has 1 aromatic heterocycles. The van der Waals surface area contributed by atoms with E-state index in [1.165, 1.54) is 16.2 Å². The molecular formula is C19H17F2N3OS2. The van der Waals surface area contributed by atoms with Gasteiger partial charge in [0.2, 0.25) is 5.91 Å². The number of rotatable bonds is 4. The topological polar surface area (TPSA) is 57.1 Å². The largest absolute Gasteiger partial charge is 0.291 e. The van der Waals surface area contributed by atoms with Crippen molar-refractivity contribution in [3.8, 4) is 11.1 Å². The normalized spacial score (nSPS) is 10.1. The number of hydrogen-bond donors (Lipinski definition) is 1. The summed E-state index contributed by atoms with van der Waals surface area (Å²) in [5.74, 6) is -1.06. The van der Waals surface area contributed by atoms with Gasteiger partial charge in [-0.1, -0.05) is 24.3 Å². The Labute approximate surface area is 165 Å². The highest BCUT2D eigenvalue weighted by Gasteiger charge is 2.15. The van der Waals surface area contributed by atoms with Crippen LogP contribution < -0.4 is 4.90 Å². The number of nitrogens with zero attached hydrogens (tertiary/aromatic N) is 2. The third kappa shape index (κ3) is 5.21. The molecule has 3 aromatic rings. The van der Waals surface area contributed by atoms with E-state index in [0.29, 0.717) is 10.7 Å². The minimum atomic E-state index is -0.490. The van der Waals surface area contributed by atoms with Crippen molar-refractivity contribution in [1.82, 2.24) is 4.98 Å². The third-order valence-corrected chi connectivity index (χ3v) is 4.85. The number of amides is 1. The van der Waals surface area contributed by atoms with Gasteiger partial charge in [0.05, 0.1) is 12.1 Å². The molecule has 8 heteroatoms. The number of thiazole rings is 1. The second-order valence-corrected chi connectivity index (χ2v) is 6.56. The minimum Gasteiger partial charge on any atom is -0.291 e. The SMILES string of the molecule is Cc1csc(N(C)C(=O)Cc2ccc(-c3cc(F)ccc3F)cc2)n1.N=S. The first-order valence-corrected chi connectivity index (χ1v) is 9.16. The summed E-state index contributed by atoms with van der Waals surface area (Å²) >= 11 is 4.75. The molecule has 1 amide bonds. The highest BCUT2D eigenvalue weighted by molar-refractivity contribution is 7.45. The number of aryl methyl sites for hydroxylation is 1. The van der Waals surface area contributed by atoms with Crippen molar-refractivity contribution < 1.29 is 13.6 Å². The van der Waals surface area contributed by atoms with E-state index in [2.05, 4.69) is 17.4 Å². The zero-order chi connectivity index (χ0) is 20.0. The molecular weight excluding hydrogens is 388 g/mol. The van der Waals surface area contributed by atoms with Crippen molar-refractivity contribution >= 4 is 34.8 Å². The van der Waals surface area contributed by atoms with Gasteiger partial charge in [-0.2, -0.15) is 0 Å². The predicted octanol–water partition coefficient (Wildman–Crippen LogP) is 4.90. The quantitative estimate of drug-likeness (QED) is 0.672. The number of hydrogen-bond acceptors (Lipinski definition) is 5. The zero-order valence-electron chi connectivity index (χ0n) is 14.7. The summed E-state index contributed by atoms with van der Waals surface area (Å²) in [7, 11) is 1.69. The monoisotopic (exact) mass is 405 g/mol. The molecule has 0 unspecified atom stereocenters. The summed E-state index contributed by atoms with van der Waals surface area (Å²) in [5, 5.41) is 2.54. The summed E-state index contributed by atoms with van der Waals surface area (Å²) in [4.78, 5) is 18.2. The van der Waals surface area contributed by atoms with Gasteiger partial charge in [-0.3, -0.25) is 9.69 Å². The standard InChI is InChI=1S/C19H16F2N2OS.HNS/c1-12-11-25-19(22-12)23(2)18(24)9-13-3-5-14(6-4-13)16-10-15(20)7-8-17(16)21;1-2/h3-8,10-11H,9H2,1-2H3;1H. The lowest BCUT2D eigenvalue weighted by Crippen LogP contribution is -2.27. The third-order valence-electron chi connectivity index (χ3n) is 3.82. The molecule has 0 fully saturated rings. The predicted molar refractivity (Wildman–Crippen MR) is 106 cm³/mol. The Hall–Kier alpha value is -2.58.